The Morgan fingerprint density at radius 1 is 0.953 bits per heavy atom. The summed E-state index contributed by atoms with van der Waals surface area (Å²) in [6.45, 7) is 8.41. The predicted octanol–water partition coefficient (Wildman–Crippen LogP) is 5.99. The van der Waals surface area contributed by atoms with E-state index in [1.54, 1.807) is 6.07 Å². The van der Waals surface area contributed by atoms with Crippen molar-refractivity contribution in [3.05, 3.63) is 112 Å². The molecule has 0 saturated heterocycles. The fourth-order valence-corrected chi connectivity index (χ4v) is 5.06. The SMILES string of the molecule is Cc1ccc(-n2nc(C(C)(C)C)cc2CC(=O)Cc2ccc(Oc3ccnc4[nH]c(=O)c(N)nc34)c3ccccc23)cc1. The van der Waals surface area contributed by atoms with Gasteiger partial charge in [0.2, 0.25) is 0 Å². The highest BCUT2D eigenvalue weighted by Gasteiger charge is 2.22. The summed E-state index contributed by atoms with van der Waals surface area (Å²) in [6.07, 6.45) is 2.03. The maximum atomic E-state index is 13.6. The standard InChI is InChI=1S/C34H32N6O3/c1-20-9-12-22(13-10-20)40-23(19-29(39-40)34(2,3)4)18-24(41)17-21-11-14-27(26-8-6-5-7-25(21)26)43-28-15-16-36-32-30(28)37-31(35)33(42)38-32/h5-16,19H,17-18H2,1-4H3,(H2,35,37)(H,36,38,42). The number of pyridine rings is 1. The van der Waals surface area contributed by atoms with Crippen molar-refractivity contribution in [1.29, 1.82) is 0 Å². The summed E-state index contributed by atoms with van der Waals surface area (Å²) in [7, 11) is 0. The number of nitrogens with zero attached hydrogens (tertiary/aromatic N) is 4. The molecule has 216 valence electrons. The molecule has 43 heavy (non-hydrogen) atoms. The highest BCUT2D eigenvalue weighted by molar-refractivity contribution is 5.95. The van der Waals surface area contributed by atoms with Crippen LogP contribution in [0.5, 0.6) is 11.5 Å². The molecular weight excluding hydrogens is 540 g/mol. The number of hydrogen-bond acceptors (Lipinski definition) is 7. The molecule has 0 atom stereocenters. The second kappa shape index (κ2) is 10.8. The second-order valence-corrected chi connectivity index (χ2v) is 11.7. The van der Waals surface area contributed by atoms with Crippen molar-refractivity contribution >= 4 is 33.5 Å². The number of rotatable bonds is 7. The van der Waals surface area contributed by atoms with Crippen LogP contribution in [0.3, 0.4) is 0 Å². The molecule has 6 aromatic rings. The number of aromatic amines is 1. The molecule has 0 spiro atoms. The first-order valence-corrected chi connectivity index (χ1v) is 14.1. The zero-order valence-corrected chi connectivity index (χ0v) is 24.5. The monoisotopic (exact) mass is 572 g/mol. The first-order chi connectivity index (χ1) is 20.6. The third-order valence-electron chi connectivity index (χ3n) is 7.37. The number of aromatic nitrogens is 5. The van der Waals surface area contributed by atoms with E-state index in [0.29, 0.717) is 17.0 Å². The number of anilines is 1. The second-order valence-electron chi connectivity index (χ2n) is 11.7. The lowest BCUT2D eigenvalue weighted by Gasteiger charge is -2.14. The Morgan fingerprint density at radius 2 is 1.70 bits per heavy atom. The van der Waals surface area contributed by atoms with Gasteiger partial charge in [0.25, 0.3) is 5.56 Å². The molecule has 3 heterocycles. The Hall–Kier alpha value is -5.31. The molecule has 9 nitrogen and oxygen atoms in total. The van der Waals surface area contributed by atoms with Gasteiger partial charge < -0.3 is 15.5 Å². The molecule has 0 aliphatic rings. The maximum Gasteiger partial charge on any atom is 0.292 e. The third-order valence-corrected chi connectivity index (χ3v) is 7.37. The molecule has 0 amide bonds. The van der Waals surface area contributed by atoms with Crippen molar-refractivity contribution < 1.29 is 9.53 Å². The molecule has 0 bridgehead atoms. The van der Waals surface area contributed by atoms with Gasteiger partial charge in [0, 0.05) is 35.9 Å². The van der Waals surface area contributed by atoms with Gasteiger partial charge in [-0.2, -0.15) is 5.10 Å². The van der Waals surface area contributed by atoms with Crippen LogP contribution in [0.15, 0.2) is 83.8 Å². The molecule has 0 fully saturated rings. The predicted molar refractivity (Wildman–Crippen MR) is 168 cm³/mol. The van der Waals surface area contributed by atoms with Gasteiger partial charge in [0.05, 0.1) is 17.1 Å². The number of Topliss-reactive ketones (excluding diaryl/α,β-unsaturated/α-hetero) is 1. The molecule has 6 rings (SSSR count). The number of ether oxygens (including phenoxy) is 1. The smallest absolute Gasteiger partial charge is 0.292 e. The molecule has 0 saturated carbocycles. The van der Waals surface area contributed by atoms with Crippen LogP contribution in [-0.4, -0.2) is 30.5 Å². The van der Waals surface area contributed by atoms with Crippen LogP contribution < -0.4 is 16.0 Å². The lowest BCUT2D eigenvalue weighted by Crippen LogP contribution is -2.14. The van der Waals surface area contributed by atoms with Crippen molar-refractivity contribution in [2.24, 2.45) is 0 Å². The number of benzene rings is 3. The van der Waals surface area contributed by atoms with Gasteiger partial charge >= 0.3 is 0 Å². The summed E-state index contributed by atoms with van der Waals surface area (Å²) in [6, 6.07) is 23.4. The summed E-state index contributed by atoms with van der Waals surface area (Å²) in [4.78, 5) is 36.5. The highest BCUT2D eigenvalue weighted by Crippen LogP contribution is 2.34. The maximum absolute atomic E-state index is 13.6. The molecular formula is C34H32N6O3. The van der Waals surface area contributed by atoms with Gasteiger partial charge in [0.1, 0.15) is 11.5 Å². The number of ketones is 1. The molecule has 0 radical (unpaired) electrons. The van der Waals surface area contributed by atoms with E-state index in [-0.39, 0.29) is 35.5 Å². The van der Waals surface area contributed by atoms with E-state index in [4.69, 9.17) is 15.6 Å². The van der Waals surface area contributed by atoms with Crippen molar-refractivity contribution in [1.82, 2.24) is 24.7 Å². The van der Waals surface area contributed by atoms with Gasteiger partial charge in [0.15, 0.2) is 22.7 Å². The van der Waals surface area contributed by atoms with Crippen LogP contribution in [-0.2, 0) is 23.1 Å². The normalized spacial score (nSPS) is 11.7. The van der Waals surface area contributed by atoms with Crippen LogP contribution in [0.4, 0.5) is 5.82 Å². The van der Waals surface area contributed by atoms with Gasteiger partial charge in [-0.25, -0.2) is 14.6 Å². The highest BCUT2D eigenvalue weighted by atomic mass is 16.5. The van der Waals surface area contributed by atoms with Crippen LogP contribution >= 0.6 is 0 Å². The lowest BCUT2D eigenvalue weighted by molar-refractivity contribution is -0.117. The summed E-state index contributed by atoms with van der Waals surface area (Å²) < 4.78 is 8.18. The quantitative estimate of drug-likeness (QED) is 0.240. The van der Waals surface area contributed by atoms with E-state index in [0.717, 1.165) is 39.0 Å². The number of aryl methyl sites for hydroxylation is 1. The zero-order valence-electron chi connectivity index (χ0n) is 24.5. The molecule has 3 aromatic heterocycles. The molecule has 3 N–H and O–H groups in total. The van der Waals surface area contributed by atoms with Crippen molar-refractivity contribution in [3.8, 4) is 17.2 Å². The number of carbonyl (C=O) groups is 1. The minimum Gasteiger partial charge on any atom is -0.454 e. The Kier molecular flexibility index (Phi) is 7.01. The Morgan fingerprint density at radius 3 is 2.44 bits per heavy atom. The number of H-pyrrole nitrogens is 1. The Bertz CT molecular complexity index is 2050. The number of nitrogens with two attached hydrogens (primary N) is 1. The van der Waals surface area contributed by atoms with E-state index < -0.39 is 5.56 Å². The van der Waals surface area contributed by atoms with Crippen LogP contribution in [0.25, 0.3) is 27.6 Å². The number of nitrogen functional groups attached to an aromatic ring is 1. The fraction of sp³-hybridized carbons (Fsp3) is 0.206. The summed E-state index contributed by atoms with van der Waals surface area (Å²) in [5.74, 6) is 0.901. The molecule has 0 aliphatic carbocycles. The Balaban J connectivity index is 1.31. The number of carbonyl (C=O) groups excluding carboxylic acids is 1. The number of fused-ring (bicyclic) bond motifs is 2. The average molecular weight is 573 g/mol. The van der Waals surface area contributed by atoms with E-state index in [2.05, 4.69) is 35.7 Å². The molecule has 0 unspecified atom stereocenters. The van der Waals surface area contributed by atoms with Crippen molar-refractivity contribution in [2.45, 2.75) is 46.0 Å². The first kappa shape index (κ1) is 27.8. The molecule has 3 aromatic carbocycles. The van der Waals surface area contributed by atoms with Gasteiger partial charge in [-0.05, 0) is 42.1 Å². The third kappa shape index (κ3) is 5.61. The zero-order chi connectivity index (χ0) is 30.3. The minimum absolute atomic E-state index is 0.0799. The van der Waals surface area contributed by atoms with Crippen molar-refractivity contribution in [3.63, 3.8) is 0 Å². The van der Waals surface area contributed by atoms with Crippen LogP contribution in [0, 0.1) is 6.92 Å². The minimum atomic E-state index is -0.506. The van der Waals surface area contributed by atoms with E-state index >= 15 is 0 Å². The number of hydrogen-bond donors (Lipinski definition) is 2. The Labute approximate surface area is 248 Å². The van der Waals surface area contributed by atoms with E-state index in [1.165, 1.54) is 6.20 Å². The summed E-state index contributed by atoms with van der Waals surface area (Å²) >= 11 is 0. The lowest BCUT2D eigenvalue weighted by atomic mass is 9.92. The summed E-state index contributed by atoms with van der Waals surface area (Å²) in [5.41, 5.74) is 10.5. The van der Waals surface area contributed by atoms with Crippen LogP contribution in [0.2, 0.25) is 0 Å². The molecule has 0 aliphatic heterocycles. The van der Waals surface area contributed by atoms with Crippen molar-refractivity contribution in [2.75, 3.05) is 5.73 Å². The van der Waals surface area contributed by atoms with Gasteiger partial charge in [-0.3, -0.25) is 9.59 Å². The largest absolute Gasteiger partial charge is 0.454 e. The molecule has 9 heteroatoms. The first-order valence-electron chi connectivity index (χ1n) is 14.1. The fourth-order valence-electron chi connectivity index (χ4n) is 5.06. The van der Waals surface area contributed by atoms with E-state index in [9.17, 15) is 9.59 Å². The number of nitrogens with one attached hydrogen (secondary N) is 1. The summed E-state index contributed by atoms with van der Waals surface area (Å²) in [5, 5.41) is 6.64. The van der Waals surface area contributed by atoms with Gasteiger partial charge in [-0.15, -0.1) is 0 Å². The topological polar surface area (TPSA) is 129 Å². The van der Waals surface area contributed by atoms with Gasteiger partial charge in [-0.1, -0.05) is 68.8 Å². The van der Waals surface area contributed by atoms with Crippen LogP contribution in [0.1, 0.15) is 43.3 Å². The van der Waals surface area contributed by atoms with E-state index in [1.807, 2.05) is 78.3 Å². The average Bonchev–Trinajstić information content (AvgIpc) is 3.40.